The van der Waals surface area contributed by atoms with Gasteiger partial charge in [0.05, 0.1) is 0 Å². The molecule has 0 aliphatic heterocycles. The van der Waals surface area contributed by atoms with Gasteiger partial charge < -0.3 is 5.32 Å². The van der Waals surface area contributed by atoms with Gasteiger partial charge in [-0.25, -0.2) is 15.0 Å². The molecule has 0 amide bonds. The lowest BCUT2D eigenvalue weighted by atomic mass is 10.2. The molecule has 0 atom stereocenters. The summed E-state index contributed by atoms with van der Waals surface area (Å²) in [6.45, 7) is 6.27. The number of aryl methyl sites for hydroxylation is 2. The zero-order valence-corrected chi connectivity index (χ0v) is 13.2. The first-order valence-corrected chi connectivity index (χ1v) is 7.60. The van der Waals surface area contributed by atoms with Crippen LogP contribution < -0.4 is 5.32 Å². The van der Waals surface area contributed by atoms with Crippen LogP contribution in [0.3, 0.4) is 0 Å². The molecule has 0 bridgehead atoms. The third-order valence-corrected chi connectivity index (χ3v) is 3.88. The highest BCUT2D eigenvalue weighted by atomic mass is 32.2. The fraction of sp³-hybridized carbons (Fsp3) is 0.400. The van der Waals surface area contributed by atoms with E-state index >= 15 is 0 Å². The van der Waals surface area contributed by atoms with E-state index in [1.165, 1.54) is 11.1 Å². The molecule has 0 aliphatic carbocycles. The first-order chi connectivity index (χ1) is 9.63. The van der Waals surface area contributed by atoms with Crippen molar-refractivity contribution in [2.45, 2.75) is 43.7 Å². The molecule has 20 heavy (non-hydrogen) atoms. The van der Waals surface area contributed by atoms with Crippen molar-refractivity contribution in [1.29, 1.82) is 0 Å². The average Bonchev–Trinajstić information content (AvgIpc) is 2.39. The highest BCUT2D eigenvalue weighted by molar-refractivity contribution is 7.99. The number of pyridine rings is 1. The number of nitrogens with zero attached hydrogens (tertiary/aromatic N) is 3. The monoisotopic (exact) mass is 288 g/mol. The van der Waals surface area contributed by atoms with Crippen molar-refractivity contribution in [3.05, 3.63) is 35.3 Å². The van der Waals surface area contributed by atoms with Crippen LogP contribution in [0.2, 0.25) is 0 Å². The molecular weight excluding hydrogens is 268 g/mol. The lowest BCUT2D eigenvalue weighted by Gasteiger charge is -2.11. The Hall–Kier alpha value is -1.62. The minimum absolute atomic E-state index is 0.911. The van der Waals surface area contributed by atoms with Crippen LogP contribution in [-0.2, 0) is 6.42 Å². The second-order valence-electron chi connectivity index (χ2n) is 4.73. The summed E-state index contributed by atoms with van der Waals surface area (Å²) in [5.74, 6) is 0.911. The van der Waals surface area contributed by atoms with Gasteiger partial charge in [0, 0.05) is 18.3 Å². The fourth-order valence-corrected chi connectivity index (χ4v) is 3.18. The summed E-state index contributed by atoms with van der Waals surface area (Å²) in [7, 11) is 1.89. The smallest absolute Gasteiger partial charge is 0.133 e. The lowest BCUT2D eigenvalue weighted by molar-refractivity contribution is 0.857. The van der Waals surface area contributed by atoms with Crippen LogP contribution in [0.25, 0.3) is 0 Å². The first-order valence-electron chi connectivity index (χ1n) is 6.78. The largest absolute Gasteiger partial charge is 0.373 e. The molecule has 2 aromatic rings. The molecule has 0 fully saturated rings. The number of anilines is 1. The number of nitrogens with one attached hydrogen (secondary N) is 1. The summed E-state index contributed by atoms with van der Waals surface area (Å²) in [4.78, 5) is 13.3. The maximum Gasteiger partial charge on any atom is 0.133 e. The van der Waals surface area contributed by atoms with Gasteiger partial charge in [-0.05, 0) is 49.7 Å². The molecule has 0 aliphatic rings. The summed E-state index contributed by atoms with van der Waals surface area (Å²) in [5.41, 5.74) is 3.43. The molecule has 2 rings (SSSR count). The van der Waals surface area contributed by atoms with E-state index in [0.29, 0.717) is 0 Å². The van der Waals surface area contributed by atoms with Gasteiger partial charge in [0.25, 0.3) is 0 Å². The fourth-order valence-electron chi connectivity index (χ4n) is 2.13. The lowest BCUT2D eigenvalue weighted by Crippen LogP contribution is -2.02. The van der Waals surface area contributed by atoms with Gasteiger partial charge in [-0.1, -0.05) is 13.3 Å². The Bertz CT molecular complexity index is 578. The van der Waals surface area contributed by atoms with Crippen molar-refractivity contribution in [2.24, 2.45) is 0 Å². The van der Waals surface area contributed by atoms with E-state index < -0.39 is 0 Å². The SMILES string of the molecule is CCCc1c(NC)ncnc1Sc1cc(C)cc(C)n1. The average molecular weight is 288 g/mol. The van der Waals surface area contributed by atoms with Crippen LogP contribution in [0.4, 0.5) is 5.82 Å². The maximum absolute atomic E-state index is 4.57. The second kappa shape index (κ2) is 6.70. The Morgan fingerprint density at radius 1 is 1.20 bits per heavy atom. The summed E-state index contributed by atoms with van der Waals surface area (Å²) < 4.78 is 0. The van der Waals surface area contributed by atoms with E-state index in [-0.39, 0.29) is 0 Å². The molecule has 106 valence electrons. The van der Waals surface area contributed by atoms with Gasteiger partial charge in [-0.3, -0.25) is 0 Å². The van der Waals surface area contributed by atoms with Crippen molar-refractivity contribution in [1.82, 2.24) is 15.0 Å². The van der Waals surface area contributed by atoms with Crippen molar-refractivity contribution in [3.63, 3.8) is 0 Å². The molecule has 5 heteroatoms. The number of rotatable bonds is 5. The Kier molecular flexibility index (Phi) is 4.95. The summed E-state index contributed by atoms with van der Waals surface area (Å²) in [6, 6.07) is 4.17. The number of hydrogen-bond acceptors (Lipinski definition) is 5. The Balaban J connectivity index is 2.37. The quantitative estimate of drug-likeness (QED) is 0.851. The third-order valence-electron chi connectivity index (χ3n) is 2.92. The molecule has 4 nitrogen and oxygen atoms in total. The van der Waals surface area contributed by atoms with Crippen molar-refractivity contribution >= 4 is 17.6 Å². The molecule has 2 heterocycles. The van der Waals surface area contributed by atoms with Crippen LogP contribution in [0.15, 0.2) is 28.5 Å². The molecule has 0 spiro atoms. The van der Waals surface area contributed by atoms with Crippen LogP contribution in [0, 0.1) is 13.8 Å². The number of hydrogen-bond donors (Lipinski definition) is 1. The van der Waals surface area contributed by atoms with Gasteiger partial charge in [-0.2, -0.15) is 0 Å². The van der Waals surface area contributed by atoms with Gasteiger partial charge in [0.1, 0.15) is 22.2 Å². The van der Waals surface area contributed by atoms with Crippen molar-refractivity contribution in [3.8, 4) is 0 Å². The van der Waals surface area contributed by atoms with E-state index in [0.717, 1.165) is 34.4 Å². The van der Waals surface area contributed by atoms with Gasteiger partial charge in [0.2, 0.25) is 0 Å². The van der Waals surface area contributed by atoms with Crippen LogP contribution in [-0.4, -0.2) is 22.0 Å². The minimum Gasteiger partial charge on any atom is -0.373 e. The highest BCUT2D eigenvalue weighted by Crippen LogP contribution is 2.31. The standard InChI is InChI=1S/C15H20N4S/c1-5-6-12-14(16-4)17-9-18-15(12)20-13-8-10(2)7-11(3)19-13/h7-9H,5-6H2,1-4H3,(H,16,17,18). The predicted molar refractivity (Wildman–Crippen MR) is 83.4 cm³/mol. The zero-order chi connectivity index (χ0) is 14.5. The molecular formula is C15H20N4S. The van der Waals surface area contributed by atoms with E-state index in [2.05, 4.69) is 46.2 Å². The maximum atomic E-state index is 4.57. The predicted octanol–water partition coefficient (Wildman–Crippen LogP) is 3.63. The van der Waals surface area contributed by atoms with E-state index in [9.17, 15) is 0 Å². The number of aromatic nitrogens is 3. The normalized spacial score (nSPS) is 10.6. The molecule has 0 unspecified atom stereocenters. The van der Waals surface area contributed by atoms with E-state index in [1.807, 2.05) is 14.0 Å². The van der Waals surface area contributed by atoms with Gasteiger partial charge in [0.15, 0.2) is 0 Å². The Morgan fingerprint density at radius 2 is 2.00 bits per heavy atom. The topological polar surface area (TPSA) is 50.7 Å². The van der Waals surface area contributed by atoms with E-state index in [1.54, 1.807) is 18.1 Å². The minimum atomic E-state index is 0.911. The summed E-state index contributed by atoms with van der Waals surface area (Å²) in [6.07, 6.45) is 3.63. The Morgan fingerprint density at radius 3 is 2.65 bits per heavy atom. The van der Waals surface area contributed by atoms with Crippen molar-refractivity contribution < 1.29 is 0 Å². The molecule has 1 N–H and O–H groups in total. The van der Waals surface area contributed by atoms with Crippen LogP contribution >= 0.6 is 11.8 Å². The second-order valence-corrected chi connectivity index (χ2v) is 5.74. The van der Waals surface area contributed by atoms with Crippen LogP contribution in [0.1, 0.15) is 30.2 Å². The molecule has 0 saturated heterocycles. The highest BCUT2D eigenvalue weighted by Gasteiger charge is 2.12. The molecule has 0 radical (unpaired) electrons. The Labute approximate surface area is 124 Å². The molecule has 2 aromatic heterocycles. The first kappa shape index (κ1) is 14.8. The molecule has 0 aromatic carbocycles. The van der Waals surface area contributed by atoms with E-state index in [4.69, 9.17) is 0 Å². The summed E-state index contributed by atoms with van der Waals surface area (Å²) >= 11 is 1.61. The van der Waals surface area contributed by atoms with Crippen LogP contribution in [0.5, 0.6) is 0 Å². The summed E-state index contributed by atoms with van der Waals surface area (Å²) in [5, 5.41) is 5.12. The van der Waals surface area contributed by atoms with Gasteiger partial charge >= 0.3 is 0 Å². The third kappa shape index (κ3) is 3.48. The zero-order valence-electron chi connectivity index (χ0n) is 12.4. The molecule has 0 saturated carbocycles. The van der Waals surface area contributed by atoms with Gasteiger partial charge in [-0.15, -0.1) is 0 Å². The van der Waals surface area contributed by atoms with Crippen molar-refractivity contribution in [2.75, 3.05) is 12.4 Å².